The van der Waals surface area contributed by atoms with Crippen LogP contribution in [-0.2, 0) is 9.53 Å². The molecule has 0 spiro atoms. The van der Waals surface area contributed by atoms with Crippen molar-refractivity contribution in [1.29, 1.82) is 0 Å². The Hall–Kier alpha value is -1.06. The third-order valence-corrected chi connectivity index (χ3v) is 3.63. The number of rotatable bonds is 5. The number of unbranched alkanes of at least 4 members (excludes halogenated alkanes) is 2. The van der Waals surface area contributed by atoms with Gasteiger partial charge in [0.1, 0.15) is 11.4 Å². The molecule has 4 heteroatoms. The van der Waals surface area contributed by atoms with Crippen molar-refractivity contribution in [1.82, 2.24) is 4.90 Å². The molecule has 1 aliphatic rings. The number of amides is 1. The monoisotopic (exact) mass is 283 g/mol. The minimum absolute atomic E-state index is 0.144. The van der Waals surface area contributed by atoms with Gasteiger partial charge in [0, 0.05) is 25.4 Å². The summed E-state index contributed by atoms with van der Waals surface area (Å²) in [6, 6.07) is 0. The Morgan fingerprint density at radius 2 is 1.75 bits per heavy atom. The molecule has 116 valence electrons. The zero-order valence-electron chi connectivity index (χ0n) is 13.4. The van der Waals surface area contributed by atoms with Crippen molar-refractivity contribution in [3.63, 3.8) is 0 Å². The average molecular weight is 283 g/mol. The topological polar surface area (TPSA) is 46.6 Å². The standard InChI is InChI=1S/C16H29NO3/c1-5-6-7-8-14(18)13-9-11-17(12-10-13)15(19)20-16(2,3)4/h13H,5-12H2,1-4H3. The van der Waals surface area contributed by atoms with Gasteiger partial charge < -0.3 is 9.64 Å². The Kier molecular flexibility index (Phi) is 6.50. The summed E-state index contributed by atoms with van der Waals surface area (Å²) in [5.74, 6) is 0.521. The number of hydrogen-bond donors (Lipinski definition) is 0. The van der Waals surface area contributed by atoms with Gasteiger partial charge in [0.2, 0.25) is 0 Å². The lowest BCUT2D eigenvalue weighted by Gasteiger charge is -2.33. The van der Waals surface area contributed by atoms with Crippen LogP contribution in [0.4, 0.5) is 4.79 Å². The summed E-state index contributed by atoms with van der Waals surface area (Å²) in [6.45, 7) is 9.03. The smallest absolute Gasteiger partial charge is 0.410 e. The largest absolute Gasteiger partial charge is 0.444 e. The van der Waals surface area contributed by atoms with E-state index in [9.17, 15) is 9.59 Å². The molecule has 1 aliphatic heterocycles. The van der Waals surface area contributed by atoms with Gasteiger partial charge in [-0.05, 0) is 40.0 Å². The van der Waals surface area contributed by atoms with E-state index in [2.05, 4.69) is 6.92 Å². The maximum Gasteiger partial charge on any atom is 0.410 e. The summed E-state index contributed by atoms with van der Waals surface area (Å²) in [5, 5.41) is 0. The van der Waals surface area contributed by atoms with Crippen molar-refractivity contribution in [3.8, 4) is 0 Å². The molecule has 0 N–H and O–H groups in total. The summed E-state index contributed by atoms with van der Waals surface area (Å²) in [6.07, 6.45) is 5.28. The number of carbonyl (C=O) groups excluding carboxylic acids is 2. The highest BCUT2D eigenvalue weighted by atomic mass is 16.6. The van der Waals surface area contributed by atoms with E-state index >= 15 is 0 Å². The fourth-order valence-corrected chi connectivity index (χ4v) is 2.46. The predicted molar refractivity (Wildman–Crippen MR) is 79.7 cm³/mol. The molecule has 0 bridgehead atoms. The molecule has 20 heavy (non-hydrogen) atoms. The number of Topliss-reactive ketones (excluding diaryl/α,β-unsaturated/α-hetero) is 1. The highest BCUT2D eigenvalue weighted by molar-refractivity contribution is 5.81. The zero-order valence-corrected chi connectivity index (χ0v) is 13.4. The van der Waals surface area contributed by atoms with E-state index in [1.165, 1.54) is 0 Å². The normalized spacial score (nSPS) is 17.1. The van der Waals surface area contributed by atoms with E-state index in [0.717, 1.165) is 32.1 Å². The van der Waals surface area contributed by atoms with Crippen LogP contribution < -0.4 is 0 Å². The van der Waals surface area contributed by atoms with Crippen molar-refractivity contribution in [2.24, 2.45) is 5.92 Å². The Balaban J connectivity index is 2.32. The molecular formula is C16H29NO3. The first-order valence-corrected chi connectivity index (χ1v) is 7.84. The molecule has 0 aromatic heterocycles. The molecule has 1 saturated heterocycles. The maximum atomic E-state index is 12.0. The van der Waals surface area contributed by atoms with E-state index in [4.69, 9.17) is 4.74 Å². The van der Waals surface area contributed by atoms with Gasteiger partial charge >= 0.3 is 6.09 Å². The van der Waals surface area contributed by atoms with E-state index < -0.39 is 5.60 Å². The lowest BCUT2D eigenvalue weighted by molar-refractivity contribution is -0.124. The van der Waals surface area contributed by atoms with Crippen molar-refractivity contribution < 1.29 is 14.3 Å². The van der Waals surface area contributed by atoms with Crippen molar-refractivity contribution in [2.45, 2.75) is 71.8 Å². The SMILES string of the molecule is CCCCCC(=O)C1CCN(C(=O)OC(C)(C)C)CC1. The minimum atomic E-state index is -0.454. The second-order valence-corrected chi connectivity index (χ2v) is 6.67. The van der Waals surface area contributed by atoms with Crippen LogP contribution in [0.15, 0.2) is 0 Å². The number of nitrogens with zero attached hydrogens (tertiary/aromatic N) is 1. The molecule has 1 rings (SSSR count). The van der Waals surface area contributed by atoms with Crippen molar-refractivity contribution in [2.75, 3.05) is 13.1 Å². The van der Waals surface area contributed by atoms with E-state index in [0.29, 0.717) is 25.3 Å². The third-order valence-electron chi connectivity index (χ3n) is 3.63. The summed E-state index contributed by atoms with van der Waals surface area (Å²) < 4.78 is 5.35. The summed E-state index contributed by atoms with van der Waals surface area (Å²) in [7, 11) is 0. The lowest BCUT2D eigenvalue weighted by Crippen LogP contribution is -2.42. The molecule has 0 aromatic carbocycles. The molecule has 1 heterocycles. The zero-order chi connectivity index (χ0) is 15.2. The van der Waals surface area contributed by atoms with Crippen LogP contribution in [0.5, 0.6) is 0 Å². The average Bonchev–Trinajstić information content (AvgIpc) is 2.37. The first kappa shape index (κ1) is 17.0. The van der Waals surface area contributed by atoms with Gasteiger partial charge in [-0.1, -0.05) is 19.8 Å². The molecular weight excluding hydrogens is 254 g/mol. The van der Waals surface area contributed by atoms with Crippen LogP contribution in [0.1, 0.15) is 66.2 Å². The highest BCUT2D eigenvalue weighted by Gasteiger charge is 2.29. The number of piperidine rings is 1. The Bertz CT molecular complexity index is 325. The first-order chi connectivity index (χ1) is 9.33. The highest BCUT2D eigenvalue weighted by Crippen LogP contribution is 2.22. The predicted octanol–water partition coefficient (Wildman–Crippen LogP) is 3.78. The molecule has 0 aromatic rings. The molecule has 1 amide bonds. The minimum Gasteiger partial charge on any atom is -0.444 e. The van der Waals surface area contributed by atoms with Gasteiger partial charge in [0.25, 0.3) is 0 Å². The number of ketones is 1. The number of carbonyl (C=O) groups is 2. The van der Waals surface area contributed by atoms with Gasteiger partial charge in [-0.2, -0.15) is 0 Å². The van der Waals surface area contributed by atoms with Crippen molar-refractivity contribution >= 4 is 11.9 Å². The second kappa shape index (κ2) is 7.65. The van der Waals surface area contributed by atoms with E-state index in [-0.39, 0.29) is 12.0 Å². The number of ether oxygens (including phenoxy) is 1. The Morgan fingerprint density at radius 1 is 1.15 bits per heavy atom. The number of hydrogen-bond acceptors (Lipinski definition) is 3. The summed E-state index contributed by atoms with van der Waals surface area (Å²) in [5.41, 5.74) is -0.454. The fraction of sp³-hybridized carbons (Fsp3) is 0.875. The van der Waals surface area contributed by atoms with Gasteiger partial charge in [-0.15, -0.1) is 0 Å². The maximum absolute atomic E-state index is 12.0. The molecule has 0 aliphatic carbocycles. The lowest BCUT2D eigenvalue weighted by atomic mass is 9.90. The van der Waals surface area contributed by atoms with Crippen LogP contribution in [0.2, 0.25) is 0 Å². The second-order valence-electron chi connectivity index (χ2n) is 6.67. The molecule has 1 fully saturated rings. The first-order valence-electron chi connectivity index (χ1n) is 7.84. The van der Waals surface area contributed by atoms with Crippen LogP contribution in [0.3, 0.4) is 0 Å². The Labute approximate surface area is 122 Å². The third kappa shape index (κ3) is 5.93. The molecule has 4 nitrogen and oxygen atoms in total. The Morgan fingerprint density at radius 3 is 2.25 bits per heavy atom. The fourth-order valence-electron chi connectivity index (χ4n) is 2.46. The summed E-state index contributed by atoms with van der Waals surface area (Å²) >= 11 is 0. The molecule has 0 atom stereocenters. The molecule has 0 unspecified atom stereocenters. The van der Waals surface area contributed by atoms with Crippen LogP contribution in [-0.4, -0.2) is 35.5 Å². The van der Waals surface area contributed by atoms with Crippen LogP contribution in [0.25, 0.3) is 0 Å². The van der Waals surface area contributed by atoms with Gasteiger partial charge in [-0.25, -0.2) is 4.79 Å². The van der Waals surface area contributed by atoms with E-state index in [1.807, 2.05) is 20.8 Å². The van der Waals surface area contributed by atoms with Gasteiger partial charge in [0.15, 0.2) is 0 Å². The molecule has 0 saturated carbocycles. The summed E-state index contributed by atoms with van der Waals surface area (Å²) in [4.78, 5) is 25.7. The van der Waals surface area contributed by atoms with Crippen LogP contribution >= 0.6 is 0 Å². The van der Waals surface area contributed by atoms with Crippen molar-refractivity contribution in [3.05, 3.63) is 0 Å². The molecule has 0 radical (unpaired) electrons. The number of likely N-dealkylation sites (tertiary alicyclic amines) is 1. The quantitative estimate of drug-likeness (QED) is 0.721. The van der Waals surface area contributed by atoms with Gasteiger partial charge in [0.05, 0.1) is 0 Å². The van der Waals surface area contributed by atoms with Crippen LogP contribution in [0, 0.1) is 5.92 Å². The van der Waals surface area contributed by atoms with E-state index in [1.54, 1.807) is 4.90 Å². The van der Waals surface area contributed by atoms with Gasteiger partial charge in [-0.3, -0.25) is 4.79 Å².